The van der Waals surface area contributed by atoms with E-state index in [-0.39, 0.29) is 12.2 Å². The summed E-state index contributed by atoms with van der Waals surface area (Å²) in [6.45, 7) is 5.58. The van der Waals surface area contributed by atoms with Gasteiger partial charge in [-0.3, -0.25) is 4.79 Å². The van der Waals surface area contributed by atoms with E-state index < -0.39 is 11.9 Å². The molecule has 3 rings (SSSR count). The van der Waals surface area contributed by atoms with Crippen LogP contribution in [0.25, 0.3) is 11.8 Å². The third-order valence-corrected chi connectivity index (χ3v) is 5.19. The van der Waals surface area contributed by atoms with Crippen LogP contribution in [-0.2, 0) is 9.53 Å². The lowest BCUT2D eigenvalue weighted by Gasteiger charge is -2.09. The average Bonchev–Trinajstić information content (AvgIpc) is 3.03. The Labute approximate surface area is 191 Å². The molecule has 1 amide bonds. The van der Waals surface area contributed by atoms with Crippen molar-refractivity contribution in [3.8, 4) is 11.8 Å². The van der Waals surface area contributed by atoms with Crippen LogP contribution in [0.4, 0.5) is 5.69 Å². The summed E-state index contributed by atoms with van der Waals surface area (Å²) in [6.07, 6.45) is 1.43. The molecule has 0 unspecified atom stereocenters. The van der Waals surface area contributed by atoms with Crippen LogP contribution in [0.15, 0.2) is 60.2 Å². The minimum absolute atomic E-state index is 0.140. The first kappa shape index (κ1) is 22.9. The number of nitriles is 1. The number of para-hydroxylation sites is 1. The highest BCUT2D eigenvalue weighted by Crippen LogP contribution is 2.29. The number of amides is 1. The molecule has 1 N–H and O–H groups in total. The van der Waals surface area contributed by atoms with Gasteiger partial charge in [0.25, 0.3) is 5.91 Å². The quantitative estimate of drug-likeness (QED) is 0.308. The molecule has 0 saturated carbocycles. The molecule has 32 heavy (non-hydrogen) atoms. The third-order valence-electron chi connectivity index (χ3n) is 4.94. The van der Waals surface area contributed by atoms with Crippen molar-refractivity contribution in [3.05, 3.63) is 87.7 Å². The second-order valence-electron chi connectivity index (χ2n) is 6.98. The lowest BCUT2D eigenvalue weighted by molar-refractivity contribution is -0.112. The smallest absolute Gasteiger partial charge is 0.340 e. The summed E-state index contributed by atoms with van der Waals surface area (Å²) in [6, 6.07) is 18.0. The number of hydrogen-bond acceptors (Lipinski definition) is 4. The number of rotatable bonds is 6. The first-order valence-corrected chi connectivity index (χ1v) is 10.4. The summed E-state index contributed by atoms with van der Waals surface area (Å²) in [5.74, 6) is -1.10. The molecule has 1 heterocycles. The molecular formula is C25H22ClN3O3. The van der Waals surface area contributed by atoms with Gasteiger partial charge in [-0.2, -0.15) is 5.26 Å². The van der Waals surface area contributed by atoms with E-state index in [0.29, 0.717) is 33.2 Å². The van der Waals surface area contributed by atoms with Gasteiger partial charge in [-0.25, -0.2) is 4.79 Å². The van der Waals surface area contributed by atoms with Crippen LogP contribution < -0.4 is 5.32 Å². The van der Waals surface area contributed by atoms with Gasteiger partial charge >= 0.3 is 5.97 Å². The van der Waals surface area contributed by atoms with Gasteiger partial charge in [-0.1, -0.05) is 29.8 Å². The van der Waals surface area contributed by atoms with Gasteiger partial charge in [0, 0.05) is 33.3 Å². The molecule has 0 fully saturated rings. The zero-order chi connectivity index (χ0) is 23.3. The predicted octanol–water partition coefficient (Wildman–Crippen LogP) is 5.47. The number of benzene rings is 2. The fourth-order valence-electron chi connectivity index (χ4n) is 3.49. The molecule has 7 heteroatoms. The van der Waals surface area contributed by atoms with E-state index in [1.165, 1.54) is 6.08 Å². The first-order valence-electron chi connectivity index (χ1n) is 10.0. The topological polar surface area (TPSA) is 84.1 Å². The Hall–Kier alpha value is -3.82. The number of halogens is 1. The fourth-order valence-corrected chi connectivity index (χ4v) is 3.61. The summed E-state index contributed by atoms with van der Waals surface area (Å²) in [4.78, 5) is 25.5. The summed E-state index contributed by atoms with van der Waals surface area (Å²) >= 11 is 5.88. The largest absolute Gasteiger partial charge is 0.462 e. The van der Waals surface area contributed by atoms with Crippen molar-refractivity contribution in [1.82, 2.24) is 4.57 Å². The van der Waals surface area contributed by atoms with E-state index in [9.17, 15) is 14.9 Å². The van der Waals surface area contributed by atoms with E-state index in [0.717, 1.165) is 5.69 Å². The SMILES string of the molecule is CCOC(=O)c1c(/C=C(/C#N)C(=O)Nc2ccc(Cl)cc2)c(C)n(-c2ccccc2)c1C. The molecule has 0 bridgehead atoms. The number of hydrogen-bond donors (Lipinski definition) is 1. The van der Waals surface area contributed by atoms with Crippen molar-refractivity contribution in [2.75, 3.05) is 11.9 Å². The van der Waals surface area contributed by atoms with Crippen LogP contribution in [-0.4, -0.2) is 23.1 Å². The summed E-state index contributed by atoms with van der Waals surface area (Å²) in [7, 11) is 0. The molecule has 6 nitrogen and oxygen atoms in total. The van der Waals surface area contributed by atoms with Crippen LogP contribution in [0.1, 0.15) is 34.2 Å². The molecule has 1 aromatic heterocycles. The monoisotopic (exact) mass is 447 g/mol. The minimum Gasteiger partial charge on any atom is -0.462 e. The molecule has 162 valence electrons. The van der Waals surface area contributed by atoms with Crippen LogP contribution in [0, 0.1) is 25.2 Å². The highest BCUT2D eigenvalue weighted by Gasteiger charge is 2.25. The molecule has 0 aliphatic carbocycles. The Morgan fingerprint density at radius 3 is 2.34 bits per heavy atom. The van der Waals surface area contributed by atoms with E-state index in [1.54, 1.807) is 31.2 Å². The molecular weight excluding hydrogens is 426 g/mol. The van der Waals surface area contributed by atoms with Crippen LogP contribution in [0.5, 0.6) is 0 Å². The molecule has 0 aliphatic heterocycles. The zero-order valence-electron chi connectivity index (χ0n) is 18.0. The van der Waals surface area contributed by atoms with Gasteiger partial charge < -0.3 is 14.6 Å². The van der Waals surface area contributed by atoms with Crippen LogP contribution >= 0.6 is 11.6 Å². The maximum absolute atomic E-state index is 12.8. The Morgan fingerprint density at radius 2 is 1.75 bits per heavy atom. The highest BCUT2D eigenvalue weighted by molar-refractivity contribution is 6.30. The lowest BCUT2D eigenvalue weighted by atomic mass is 10.1. The molecule has 2 aromatic carbocycles. The van der Waals surface area contributed by atoms with Gasteiger partial charge in [0.05, 0.1) is 12.2 Å². The third kappa shape index (κ3) is 4.74. The minimum atomic E-state index is -0.589. The lowest BCUT2D eigenvalue weighted by Crippen LogP contribution is -2.14. The number of nitrogens with one attached hydrogen (secondary N) is 1. The Bertz CT molecular complexity index is 1220. The molecule has 0 atom stereocenters. The standard InChI is InChI=1S/C25H22ClN3O3/c1-4-32-25(31)23-17(3)29(21-8-6-5-7-9-21)16(2)22(23)14-18(15-27)24(30)28-20-12-10-19(26)11-13-20/h5-14H,4H2,1-3H3,(H,28,30)/b18-14-. The van der Waals surface area contributed by atoms with Gasteiger partial charge in [0.2, 0.25) is 0 Å². The number of carbonyl (C=O) groups is 2. The van der Waals surface area contributed by atoms with Crippen molar-refractivity contribution in [2.45, 2.75) is 20.8 Å². The van der Waals surface area contributed by atoms with E-state index >= 15 is 0 Å². The predicted molar refractivity (Wildman–Crippen MR) is 125 cm³/mol. The van der Waals surface area contributed by atoms with Gasteiger partial charge in [-0.05, 0) is 63.2 Å². The maximum atomic E-state index is 12.8. The second kappa shape index (κ2) is 9.99. The van der Waals surface area contributed by atoms with E-state index in [2.05, 4.69) is 5.32 Å². The number of esters is 1. The molecule has 0 radical (unpaired) electrons. The highest BCUT2D eigenvalue weighted by atomic mass is 35.5. The molecule has 0 spiro atoms. The number of anilines is 1. The first-order chi connectivity index (χ1) is 15.4. The summed E-state index contributed by atoms with van der Waals surface area (Å²) in [5, 5.41) is 12.9. The number of nitrogens with zero attached hydrogens (tertiary/aromatic N) is 2. The normalized spacial score (nSPS) is 11.0. The fraction of sp³-hybridized carbons (Fsp3) is 0.160. The van der Waals surface area contributed by atoms with Crippen LogP contribution in [0.3, 0.4) is 0 Å². The molecule has 3 aromatic rings. The number of aromatic nitrogens is 1. The Morgan fingerprint density at radius 1 is 1.09 bits per heavy atom. The molecule has 0 saturated heterocycles. The Balaban J connectivity index is 2.10. The van der Waals surface area contributed by atoms with Gasteiger partial charge in [-0.15, -0.1) is 0 Å². The van der Waals surface area contributed by atoms with Crippen molar-refractivity contribution in [3.63, 3.8) is 0 Å². The molecule has 0 aliphatic rings. The van der Waals surface area contributed by atoms with Crippen LogP contribution in [0.2, 0.25) is 5.02 Å². The zero-order valence-corrected chi connectivity index (χ0v) is 18.7. The average molecular weight is 448 g/mol. The second-order valence-corrected chi connectivity index (χ2v) is 7.42. The summed E-state index contributed by atoms with van der Waals surface area (Å²) < 4.78 is 7.17. The number of carbonyl (C=O) groups excluding carboxylic acids is 2. The Kier molecular flexibility index (Phi) is 7.14. The van der Waals surface area contributed by atoms with Crippen molar-refractivity contribution < 1.29 is 14.3 Å². The van der Waals surface area contributed by atoms with Crippen molar-refractivity contribution in [2.24, 2.45) is 0 Å². The van der Waals surface area contributed by atoms with E-state index in [1.807, 2.05) is 54.8 Å². The van der Waals surface area contributed by atoms with Gasteiger partial charge in [0.15, 0.2) is 0 Å². The van der Waals surface area contributed by atoms with E-state index in [4.69, 9.17) is 16.3 Å². The summed E-state index contributed by atoms with van der Waals surface area (Å²) in [5.41, 5.74) is 3.38. The van der Waals surface area contributed by atoms with Crippen molar-refractivity contribution in [1.29, 1.82) is 5.26 Å². The number of ether oxygens (including phenoxy) is 1. The van der Waals surface area contributed by atoms with Crippen molar-refractivity contribution >= 4 is 35.2 Å². The van der Waals surface area contributed by atoms with Gasteiger partial charge in [0.1, 0.15) is 11.6 Å². The maximum Gasteiger partial charge on any atom is 0.340 e.